The topological polar surface area (TPSA) is 93.8 Å². The third-order valence-corrected chi connectivity index (χ3v) is 7.18. The number of nitrogens with two attached hydrogens (primary N) is 1. The Morgan fingerprint density at radius 1 is 1.08 bits per heavy atom. The Labute approximate surface area is 219 Å². The van der Waals surface area contributed by atoms with E-state index < -0.39 is 24.9 Å². The predicted molar refractivity (Wildman–Crippen MR) is 140 cm³/mol. The molecule has 11 heteroatoms. The van der Waals surface area contributed by atoms with Gasteiger partial charge in [-0.2, -0.15) is 18.2 Å². The molecule has 1 fully saturated rings. The van der Waals surface area contributed by atoms with Gasteiger partial charge in [0.15, 0.2) is 11.5 Å². The van der Waals surface area contributed by atoms with Crippen LogP contribution < -0.4 is 20.1 Å². The second-order valence-corrected chi connectivity index (χ2v) is 9.63. The molecule has 1 aliphatic heterocycles. The van der Waals surface area contributed by atoms with Crippen LogP contribution in [0.2, 0.25) is 0 Å². The highest BCUT2D eigenvalue weighted by Gasteiger charge is 2.39. The van der Waals surface area contributed by atoms with Gasteiger partial charge in [-0.25, -0.2) is 4.98 Å². The van der Waals surface area contributed by atoms with Gasteiger partial charge >= 0.3 is 6.18 Å². The zero-order valence-corrected chi connectivity index (χ0v) is 21.7. The number of alkyl halides is 3. The van der Waals surface area contributed by atoms with Crippen molar-refractivity contribution in [3.63, 3.8) is 0 Å². The van der Waals surface area contributed by atoms with Gasteiger partial charge in [0.25, 0.3) is 0 Å². The molecule has 38 heavy (non-hydrogen) atoms. The fourth-order valence-corrected chi connectivity index (χ4v) is 5.08. The highest BCUT2D eigenvalue weighted by Crippen LogP contribution is 2.38. The molecule has 0 spiro atoms. The smallest absolute Gasteiger partial charge is 0.389 e. The van der Waals surface area contributed by atoms with Crippen LogP contribution in [0, 0.1) is 0 Å². The molecule has 2 N–H and O–H groups in total. The number of nitrogens with zero attached hydrogens (tertiary/aromatic N) is 4. The summed E-state index contributed by atoms with van der Waals surface area (Å²) in [5.74, 6) is 1.32. The summed E-state index contributed by atoms with van der Waals surface area (Å²) in [6, 6.07) is 13.4. The van der Waals surface area contributed by atoms with E-state index in [9.17, 15) is 18.0 Å². The molecular formula is C27H32F3N5O3. The van der Waals surface area contributed by atoms with Crippen LogP contribution in [0.15, 0.2) is 42.5 Å². The van der Waals surface area contributed by atoms with Gasteiger partial charge in [-0.3, -0.25) is 4.79 Å². The molecule has 1 saturated heterocycles. The summed E-state index contributed by atoms with van der Waals surface area (Å²) in [7, 11) is 4.97. The number of aromatic nitrogens is 2. The number of likely N-dealkylation sites (N-methyl/N-ethyl adjacent to an activating group) is 1. The van der Waals surface area contributed by atoms with E-state index in [4.69, 9.17) is 20.2 Å². The first kappa shape index (κ1) is 27.3. The molecule has 3 aromatic rings. The summed E-state index contributed by atoms with van der Waals surface area (Å²) >= 11 is 0. The van der Waals surface area contributed by atoms with E-state index >= 15 is 0 Å². The number of anilines is 2. The number of carbonyl (C=O) groups is 1. The van der Waals surface area contributed by atoms with Crippen LogP contribution in [0.3, 0.4) is 0 Å². The largest absolute Gasteiger partial charge is 0.493 e. The fourth-order valence-electron chi connectivity index (χ4n) is 5.08. The zero-order chi connectivity index (χ0) is 27.5. The van der Waals surface area contributed by atoms with Gasteiger partial charge < -0.3 is 25.0 Å². The molecule has 0 radical (unpaired) electrons. The Bertz CT molecular complexity index is 1280. The van der Waals surface area contributed by atoms with Crippen LogP contribution >= 0.6 is 0 Å². The van der Waals surface area contributed by atoms with Crippen molar-refractivity contribution in [1.29, 1.82) is 0 Å². The van der Waals surface area contributed by atoms with Crippen molar-refractivity contribution >= 4 is 28.6 Å². The Kier molecular flexibility index (Phi) is 7.84. The lowest BCUT2D eigenvalue weighted by Gasteiger charge is -2.44. The molecule has 8 nitrogen and oxygen atoms in total. The highest BCUT2D eigenvalue weighted by atomic mass is 19.4. The number of ether oxygens (including phenoxy) is 2. The van der Waals surface area contributed by atoms with Crippen LogP contribution in [0.1, 0.15) is 31.2 Å². The molecule has 1 aliphatic rings. The molecule has 0 atom stereocenters. The Hall–Kier alpha value is -3.76. The number of nitrogen functional groups attached to an aromatic ring is 1. The maximum atomic E-state index is 12.6. The summed E-state index contributed by atoms with van der Waals surface area (Å²) in [4.78, 5) is 25.2. The molecule has 2 heterocycles. The summed E-state index contributed by atoms with van der Waals surface area (Å²) in [5, 5.41) is 0.642. The SMILES string of the molecule is COc1cc2nc(N(C)CC3(c4ccccc4)CCN(C(=O)CCC(F)(F)F)CC3)nc(N)c2cc1OC. The number of piperidine rings is 1. The number of hydrogen-bond donors (Lipinski definition) is 1. The first-order valence-electron chi connectivity index (χ1n) is 12.4. The quantitative estimate of drug-likeness (QED) is 0.455. The molecule has 2 aromatic carbocycles. The first-order valence-corrected chi connectivity index (χ1v) is 12.4. The number of hydrogen-bond acceptors (Lipinski definition) is 7. The van der Waals surface area contributed by atoms with Crippen molar-refractivity contribution < 1.29 is 27.4 Å². The van der Waals surface area contributed by atoms with Gasteiger partial charge in [-0.05, 0) is 24.5 Å². The maximum Gasteiger partial charge on any atom is 0.389 e. The van der Waals surface area contributed by atoms with Crippen molar-refractivity contribution in [3.05, 3.63) is 48.0 Å². The lowest BCUT2D eigenvalue weighted by molar-refractivity contribution is -0.150. The Morgan fingerprint density at radius 3 is 2.32 bits per heavy atom. The molecule has 1 amide bonds. The average molecular weight is 532 g/mol. The number of amides is 1. The molecule has 4 rings (SSSR count). The molecular weight excluding hydrogens is 499 g/mol. The Morgan fingerprint density at radius 2 is 1.71 bits per heavy atom. The van der Waals surface area contributed by atoms with E-state index in [1.807, 2.05) is 42.3 Å². The lowest BCUT2D eigenvalue weighted by Crippen LogP contribution is -2.50. The normalized spacial score (nSPS) is 15.4. The molecule has 0 saturated carbocycles. The van der Waals surface area contributed by atoms with Crippen LogP contribution in [-0.4, -0.2) is 67.9 Å². The monoisotopic (exact) mass is 531 g/mol. The van der Waals surface area contributed by atoms with Gasteiger partial charge in [-0.15, -0.1) is 0 Å². The van der Waals surface area contributed by atoms with Crippen molar-refractivity contribution in [1.82, 2.24) is 14.9 Å². The lowest BCUT2D eigenvalue weighted by atomic mass is 9.72. The van der Waals surface area contributed by atoms with E-state index in [-0.39, 0.29) is 5.41 Å². The molecule has 204 valence electrons. The van der Waals surface area contributed by atoms with Crippen LogP contribution in [0.25, 0.3) is 10.9 Å². The second kappa shape index (κ2) is 10.9. The standard InChI is InChI=1S/C27H32F3N5O3/c1-34(25-32-20-16-22(38-3)21(37-2)15-19(20)24(31)33-25)17-26(18-7-5-4-6-8-18)11-13-35(14-12-26)23(36)9-10-27(28,29)30/h4-8,15-16H,9-14,17H2,1-3H3,(H2,31,32,33). The molecule has 0 unspecified atom stereocenters. The maximum absolute atomic E-state index is 12.6. The van der Waals surface area contributed by atoms with Crippen molar-refractivity contribution in [2.24, 2.45) is 0 Å². The summed E-state index contributed by atoms with van der Waals surface area (Å²) in [6.07, 6.45) is -4.80. The number of carbonyl (C=O) groups excluding carboxylic acids is 1. The summed E-state index contributed by atoms with van der Waals surface area (Å²) in [5.41, 5.74) is 7.64. The van der Waals surface area contributed by atoms with Gasteiger partial charge in [-0.1, -0.05) is 30.3 Å². The highest BCUT2D eigenvalue weighted by molar-refractivity contribution is 5.91. The fraction of sp³-hybridized carbons (Fsp3) is 0.444. The molecule has 0 aliphatic carbocycles. The van der Waals surface area contributed by atoms with Gasteiger partial charge in [0.05, 0.1) is 26.2 Å². The number of halogens is 3. The van der Waals surface area contributed by atoms with Crippen molar-refractivity contribution in [2.45, 2.75) is 37.3 Å². The number of benzene rings is 2. The van der Waals surface area contributed by atoms with E-state index in [1.54, 1.807) is 26.4 Å². The average Bonchev–Trinajstić information content (AvgIpc) is 2.91. The minimum atomic E-state index is -4.35. The first-order chi connectivity index (χ1) is 18.0. The minimum Gasteiger partial charge on any atom is -0.493 e. The zero-order valence-electron chi connectivity index (χ0n) is 21.7. The van der Waals surface area contributed by atoms with E-state index in [1.165, 1.54) is 4.90 Å². The van der Waals surface area contributed by atoms with Gasteiger partial charge in [0.2, 0.25) is 11.9 Å². The molecule has 1 aromatic heterocycles. The van der Waals surface area contributed by atoms with Crippen LogP contribution in [-0.2, 0) is 10.2 Å². The number of rotatable bonds is 8. The number of fused-ring (bicyclic) bond motifs is 1. The Balaban J connectivity index is 1.59. The van der Waals surface area contributed by atoms with Gasteiger partial charge in [0.1, 0.15) is 5.82 Å². The summed E-state index contributed by atoms with van der Waals surface area (Å²) in [6.45, 7) is 1.27. The van der Waals surface area contributed by atoms with E-state index in [0.717, 1.165) is 5.56 Å². The second-order valence-electron chi connectivity index (χ2n) is 9.63. The minimum absolute atomic E-state index is 0.302. The number of methoxy groups -OCH3 is 2. The predicted octanol–water partition coefficient (Wildman–Crippen LogP) is 4.57. The van der Waals surface area contributed by atoms with Crippen molar-refractivity contribution in [3.8, 4) is 11.5 Å². The molecule has 0 bridgehead atoms. The third kappa shape index (κ3) is 5.87. The number of likely N-dealkylation sites (tertiary alicyclic amines) is 1. The van der Waals surface area contributed by atoms with E-state index in [0.29, 0.717) is 66.6 Å². The van der Waals surface area contributed by atoms with Crippen LogP contribution in [0.5, 0.6) is 11.5 Å². The third-order valence-electron chi connectivity index (χ3n) is 7.18. The van der Waals surface area contributed by atoms with E-state index in [2.05, 4.69) is 4.98 Å². The van der Waals surface area contributed by atoms with Crippen LogP contribution in [0.4, 0.5) is 24.9 Å². The van der Waals surface area contributed by atoms with Gasteiger partial charge in [0, 0.05) is 50.0 Å². The van der Waals surface area contributed by atoms with Crippen molar-refractivity contribution in [2.75, 3.05) is 51.5 Å². The summed E-state index contributed by atoms with van der Waals surface area (Å²) < 4.78 is 48.7.